The van der Waals surface area contributed by atoms with E-state index in [4.69, 9.17) is 5.11 Å². The molecule has 0 saturated heterocycles. The van der Waals surface area contributed by atoms with Crippen molar-refractivity contribution in [3.63, 3.8) is 0 Å². The van der Waals surface area contributed by atoms with Crippen LogP contribution in [0.3, 0.4) is 0 Å². The lowest BCUT2D eigenvalue weighted by atomic mass is 9.90. The highest BCUT2D eigenvalue weighted by molar-refractivity contribution is 5.71. The van der Waals surface area contributed by atoms with Crippen LogP contribution in [-0.2, 0) is 17.6 Å². The first-order valence-corrected chi connectivity index (χ1v) is 7.25. The lowest BCUT2D eigenvalue weighted by Gasteiger charge is -2.15. The van der Waals surface area contributed by atoms with Crippen LogP contribution < -0.4 is 0 Å². The summed E-state index contributed by atoms with van der Waals surface area (Å²) >= 11 is 0. The summed E-state index contributed by atoms with van der Waals surface area (Å²) in [5.41, 5.74) is 8.42. The van der Waals surface area contributed by atoms with E-state index in [0.717, 1.165) is 23.1 Å². The highest BCUT2D eigenvalue weighted by Gasteiger charge is 2.12. The van der Waals surface area contributed by atoms with Gasteiger partial charge in [-0.25, -0.2) is 0 Å². The first-order valence-electron chi connectivity index (χ1n) is 7.25. The Morgan fingerprint density at radius 1 is 0.905 bits per heavy atom. The summed E-state index contributed by atoms with van der Waals surface area (Å²) < 4.78 is 0. The third-order valence-electron chi connectivity index (χ3n) is 4.39. The van der Waals surface area contributed by atoms with Crippen molar-refractivity contribution in [3.05, 3.63) is 69.3 Å². The van der Waals surface area contributed by atoms with Crippen LogP contribution >= 0.6 is 0 Å². The molecular formula is C19H22O2. The molecule has 0 aliphatic carbocycles. The van der Waals surface area contributed by atoms with Gasteiger partial charge in [0.1, 0.15) is 0 Å². The number of carboxylic acids is 1. The standard InChI is InChI=1S/C19H22O2/c1-12-8-9-16(15(4)14(12)3)10-18-13(2)6-5-7-17(18)11-19(20)21/h5-9H,10-11H2,1-4H3,(H,20,21). The number of hydrogen-bond acceptors (Lipinski definition) is 1. The maximum atomic E-state index is 11.1. The summed E-state index contributed by atoms with van der Waals surface area (Å²) in [7, 11) is 0. The Kier molecular flexibility index (Phi) is 4.46. The van der Waals surface area contributed by atoms with Crippen LogP contribution in [0.1, 0.15) is 38.9 Å². The van der Waals surface area contributed by atoms with E-state index < -0.39 is 5.97 Å². The summed E-state index contributed by atoms with van der Waals surface area (Å²) in [5, 5.41) is 9.08. The van der Waals surface area contributed by atoms with Gasteiger partial charge >= 0.3 is 5.97 Å². The van der Waals surface area contributed by atoms with E-state index in [1.165, 1.54) is 22.3 Å². The van der Waals surface area contributed by atoms with Crippen molar-refractivity contribution in [2.75, 3.05) is 0 Å². The predicted octanol–water partition coefficient (Wildman–Crippen LogP) is 4.14. The fraction of sp³-hybridized carbons (Fsp3) is 0.316. The van der Waals surface area contributed by atoms with Crippen LogP contribution in [0.2, 0.25) is 0 Å². The van der Waals surface area contributed by atoms with E-state index in [1.807, 2.05) is 12.1 Å². The number of carbonyl (C=O) groups is 1. The molecule has 0 heterocycles. The van der Waals surface area contributed by atoms with Crippen LogP contribution in [0.5, 0.6) is 0 Å². The van der Waals surface area contributed by atoms with Gasteiger partial charge in [0, 0.05) is 0 Å². The number of aryl methyl sites for hydroxylation is 2. The van der Waals surface area contributed by atoms with Gasteiger partial charge in [0.05, 0.1) is 6.42 Å². The Bertz CT molecular complexity index is 684. The van der Waals surface area contributed by atoms with Gasteiger partial charge in [0.15, 0.2) is 0 Å². The Hall–Kier alpha value is -2.09. The Labute approximate surface area is 126 Å². The molecule has 110 valence electrons. The van der Waals surface area contributed by atoms with Gasteiger partial charge in [-0.05, 0) is 73.1 Å². The zero-order valence-corrected chi connectivity index (χ0v) is 13.2. The second-order valence-electron chi connectivity index (χ2n) is 5.75. The molecule has 0 unspecified atom stereocenters. The van der Waals surface area contributed by atoms with Crippen LogP contribution in [0, 0.1) is 27.7 Å². The Morgan fingerprint density at radius 2 is 1.62 bits per heavy atom. The van der Waals surface area contributed by atoms with Crippen LogP contribution in [0.25, 0.3) is 0 Å². The zero-order valence-electron chi connectivity index (χ0n) is 13.2. The molecule has 0 spiro atoms. The lowest BCUT2D eigenvalue weighted by molar-refractivity contribution is -0.136. The minimum absolute atomic E-state index is 0.0842. The quantitative estimate of drug-likeness (QED) is 0.915. The van der Waals surface area contributed by atoms with Gasteiger partial charge in [-0.2, -0.15) is 0 Å². The maximum Gasteiger partial charge on any atom is 0.307 e. The summed E-state index contributed by atoms with van der Waals surface area (Å²) in [6.07, 6.45) is 0.878. The molecule has 0 aromatic heterocycles. The van der Waals surface area contributed by atoms with Crippen molar-refractivity contribution in [1.29, 1.82) is 0 Å². The van der Waals surface area contributed by atoms with Gasteiger partial charge < -0.3 is 5.11 Å². The molecule has 2 rings (SSSR count). The molecule has 21 heavy (non-hydrogen) atoms. The van der Waals surface area contributed by atoms with E-state index in [0.29, 0.717) is 0 Å². The third-order valence-corrected chi connectivity index (χ3v) is 4.39. The van der Waals surface area contributed by atoms with Gasteiger partial charge in [-0.3, -0.25) is 4.79 Å². The highest BCUT2D eigenvalue weighted by Crippen LogP contribution is 2.24. The van der Waals surface area contributed by atoms with Crippen molar-refractivity contribution < 1.29 is 9.90 Å². The van der Waals surface area contributed by atoms with E-state index in [-0.39, 0.29) is 6.42 Å². The Balaban J connectivity index is 2.44. The predicted molar refractivity (Wildman–Crippen MR) is 86.0 cm³/mol. The average Bonchev–Trinajstić information content (AvgIpc) is 2.42. The first-order chi connectivity index (χ1) is 9.90. The second-order valence-corrected chi connectivity index (χ2v) is 5.75. The average molecular weight is 282 g/mol. The molecule has 0 aliphatic heterocycles. The first kappa shape index (κ1) is 15.3. The van der Waals surface area contributed by atoms with Gasteiger partial charge in [-0.1, -0.05) is 30.3 Å². The monoisotopic (exact) mass is 282 g/mol. The van der Waals surface area contributed by atoms with Crippen molar-refractivity contribution in [3.8, 4) is 0 Å². The van der Waals surface area contributed by atoms with Crippen LogP contribution in [0.4, 0.5) is 0 Å². The minimum Gasteiger partial charge on any atom is -0.481 e. The number of carboxylic acid groups (broad SMARTS) is 1. The van der Waals surface area contributed by atoms with Crippen molar-refractivity contribution in [2.24, 2.45) is 0 Å². The molecule has 2 heteroatoms. The molecule has 0 bridgehead atoms. The molecule has 0 amide bonds. The van der Waals surface area contributed by atoms with Gasteiger partial charge in [0.2, 0.25) is 0 Å². The number of aliphatic carboxylic acids is 1. The summed E-state index contributed by atoms with van der Waals surface area (Å²) in [6.45, 7) is 8.46. The van der Waals surface area contributed by atoms with Crippen molar-refractivity contribution >= 4 is 5.97 Å². The largest absolute Gasteiger partial charge is 0.481 e. The summed E-state index contributed by atoms with van der Waals surface area (Å²) in [6, 6.07) is 10.2. The van der Waals surface area contributed by atoms with Crippen molar-refractivity contribution in [2.45, 2.75) is 40.5 Å². The second kappa shape index (κ2) is 6.13. The smallest absolute Gasteiger partial charge is 0.307 e. The summed E-state index contributed by atoms with van der Waals surface area (Å²) in [5.74, 6) is -0.779. The number of benzene rings is 2. The molecule has 2 nitrogen and oxygen atoms in total. The SMILES string of the molecule is Cc1ccc(Cc2c(C)cccc2CC(=O)O)c(C)c1C. The summed E-state index contributed by atoms with van der Waals surface area (Å²) in [4.78, 5) is 11.1. The third kappa shape index (κ3) is 3.33. The van der Waals surface area contributed by atoms with E-state index in [9.17, 15) is 4.79 Å². The molecule has 0 fully saturated rings. The van der Waals surface area contributed by atoms with Gasteiger partial charge in [0.25, 0.3) is 0 Å². The van der Waals surface area contributed by atoms with E-state index in [1.54, 1.807) is 0 Å². The Morgan fingerprint density at radius 3 is 2.29 bits per heavy atom. The number of hydrogen-bond donors (Lipinski definition) is 1. The maximum absolute atomic E-state index is 11.1. The van der Waals surface area contributed by atoms with Crippen LogP contribution in [0.15, 0.2) is 30.3 Å². The molecule has 0 aliphatic rings. The van der Waals surface area contributed by atoms with Crippen LogP contribution in [-0.4, -0.2) is 11.1 Å². The molecule has 2 aromatic carbocycles. The fourth-order valence-electron chi connectivity index (χ4n) is 2.74. The van der Waals surface area contributed by atoms with Crippen molar-refractivity contribution in [1.82, 2.24) is 0 Å². The normalized spacial score (nSPS) is 10.7. The minimum atomic E-state index is -0.779. The van der Waals surface area contributed by atoms with E-state index in [2.05, 4.69) is 45.9 Å². The topological polar surface area (TPSA) is 37.3 Å². The van der Waals surface area contributed by atoms with Gasteiger partial charge in [-0.15, -0.1) is 0 Å². The molecule has 0 radical (unpaired) electrons. The molecule has 1 N–H and O–H groups in total. The highest BCUT2D eigenvalue weighted by atomic mass is 16.4. The fourth-order valence-corrected chi connectivity index (χ4v) is 2.74. The molecular weight excluding hydrogens is 260 g/mol. The zero-order chi connectivity index (χ0) is 15.6. The number of rotatable bonds is 4. The lowest BCUT2D eigenvalue weighted by Crippen LogP contribution is -2.06. The molecule has 0 saturated carbocycles. The molecule has 0 atom stereocenters. The van der Waals surface area contributed by atoms with E-state index >= 15 is 0 Å². The molecule has 2 aromatic rings.